The van der Waals surface area contributed by atoms with Gasteiger partial charge in [-0.05, 0) is 74.1 Å². The summed E-state index contributed by atoms with van der Waals surface area (Å²) in [5, 5.41) is 22.4. The van der Waals surface area contributed by atoms with Gasteiger partial charge in [-0.2, -0.15) is 0 Å². The minimum atomic E-state index is -1.17. The summed E-state index contributed by atoms with van der Waals surface area (Å²) in [6.45, 7) is 6.76. The molecule has 0 amide bonds. The highest BCUT2D eigenvalue weighted by molar-refractivity contribution is 5.91. The van der Waals surface area contributed by atoms with Gasteiger partial charge >= 0.3 is 5.97 Å². The predicted molar refractivity (Wildman–Crippen MR) is 104 cm³/mol. The molecule has 1 aromatic carbocycles. The SMILES string of the molecule is C/C=C\C(CC)C(CC=O)Cc1cc(O)c(C(=O)O)cc1/C=C\NCC. The van der Waals surface area contributed by atoms with Gasteiger partial charge in [0.15, 0.2) is 0 Å². The van der Waals surface area contributed by atoms with E-state index in [9.17, 15) is 19.8 Å². The third-order valence-electron chi connectivity index (χ3n) is 4.47. The van der Waals surface area contributed by atoms with Crippen molar-refractivity contribution in [2.24, 2.45) is 11.8 Å². The van der Waals surface area contributed by atoms with Gasteiger partial charge in [0.1, 0.15) is 17.6 Å². The van der Waals surface area contributed by atoms with Crippen molar-refractivity contribution in [3.8, 4) is 5.75 Å². The maximum atomic E-state index is 11.3. The van der Waals surface area contributed by atoms with Crippen molar-refractivity contribution < 1.29 is 19.8 Å². The number of benzene rings is 1. The summed E-state index contributed by atoms with van der Waals surface area (Å²) in [5.74, 6) is -1.08. The Morgan fingerprint density at radius 3 is 2.58 bits per heavy atom. The van der Waals surface area contributed by atoms with Gasteiger partial charge in [0, 0.05) is 13.0 Å². The molecule has 0 spiro atoms. The Balaban J connectivity index is 3.31. The molecule has 0 aliphatic heterocycles. The highest BCUT2D eigenvalue weighted by atomic mass is 16.4. The summed E-state index contributed by atoms with van der Waals surface area (Å²) >= 11 is 0. The van der Waals surface area contributed by atoms with Gasteiger partial charge in [0.05, 0.1) is 0 Å². The van der Waals surface area contributed by atoms with Gasteiger partial charge in [-0.1, -0.05) is 19.1 Å². The van der Waals surface area contributed by atoms with Crippen molar-refractivity contribution in [1.82, 2.24) is 5.32 Å². The van der Waals surface area contributed by atoms with Crippen molar-refractivity contribution >= 4 is 18.3 Å². The first-order valence-electron chi connectivity index (χ1n) is 9.03. The maximum absolute atomic E-state index is 11.3. The Labute approximate surface area is 155 Å². The molecule has 0 aromatic heterocycles. The summed E-state index contributed by atoms with van der Waals surface area (Å²) in [5.41, 5.74) is 1.43. The molecule has 0 heterocycles. The molecule has 5 heteroatoms. The molecule has 0 aliphatic carbocycles. The molecule has 142 valence electrons. The third-order valence-corrected chi connectivity index (χ3v) is 4.47. The molecule has 26 heavy (non-hydrogen) atoms. The first kappa shape index (κ1) is 21.5. The molecule has 5 nitrogen and oxygen atoms in total. The zero-order valence-corrected chi connectivity index (χ0v) is 15.7. The number of hydrogen-bond acceptors (Lipinski definition) is 4. The van der Waals surface area contributed by atoms with E-state index < -0.39 is 5.97 Å². The molecule has 0 fully saturated rings. The summed E-state index contributed by atoms with van der Waals surface area (Å²) in [4.78, 5) is 22.5. The van der Waals surface area contributed by atoms with Crippen LogP contribution in [0.1, 0.15) is 55.1 Å². The van der Waals surface area contributed by atoms with Crippen LogP contribution in [0.3, 0.4) is 0 Å². The normalized spacial score (nSPS) is 13.8. The average molecular weight is 359 g/mol. The number of carboxylic acid groups (broad SMARTS) is 1. The molecule has 1 rings (SSSR count). The van der Waals surface area contributed by atoms with Crippen LogP contribution in [-0.2, 0) is 11.2 Å². The van der Waals surface area contributed by atoms with Crippen LogP contribution in [0.5, 0.6) is 5.75 Å². The maximum Gasteiger partial charge on any atom is 0.339 e. The topological polar surface area (TPSA) is 86.6 Å². The second-order valence-electron chi connectivity index (χ2n) is 6.23. The molecule has 2 unspecified atom stereocenters. The first-order valence-corrected chi connectivity index (χ1v) is 9.03. The highest BCUT2D eigenvalue weighted by Gasteiger charge is 2.21. The van der Waals surface area contributed by atoms with E-state index in [1.165, 1.54) is 12.1 Å². The van der Waals surface area contributed by atoms with E-state index in [0.29, 0.717) is 12.8 Å². The highest BCUT2D eigenvalue weighted by Crippen LogP contribution is 2.30. The number of aromatic carboxylic acids is 1. The number of aldehydes is 1. The lowest BCUT2D eigenvalue weighted by Gasteiger charge is -2.23. The summed E-state index contributed by atoms with van der Waals surface area (Å²) in [6, 6.07) is 2.99. The Morgan fingerprint density at radius 1 is 1.31 bits per heavy atom. The lowest BCUT2D eigenvalue weighted by atomic mass is 9.81. The number of rotatable bonds is 11. The molecule has 0 aliphatic rings. The standard InChI is InChI=1S/C21H29NO4/c1-4-7-15(5-2)17(9-11-23)12-18-14-20(24)19(21(25)26)13-16(18)8-10-22-6-3/h4,7-8,10-11,13-15,17,22,24H,5-6,9,12H2,1-3H3,(H,25,26)/b7-4-,10-8-. The van der Waals surface area contributed by atoms with Crippen LogP contribution in [0, 0.1) is 11.8 Å². The van der Waals surface area contributed by atoms with Crippen LogP contribution in [-0.4, -0.2) is 29.0 Å². The van der Waals surface area contributed by atoms with Crippen molar-refractivity contribution in [3.63, 3.8) is 0 Å². The van der Waals surface area contributed by atoms with E-state index in [-0.39, 0.29) is 23.1 Å². The number of hydrogen-bond donors (Lipinski definition) is 3. The summed E-state index contributed by atoms with van der Waals surface area (Å²) in [6.07, 6.45) is 10.5. The molecule has 0 saturated carbocycles. The zero-order chi connectivity index (χ0) is 19.5. The molecule has 2 atom stereocenters. The van der Waals surface area contributed by atoms with Gasteiger partial charge < -0.3 is 20.3 Å². The Hall–Kier alpha value is -2.56. The van der Waals surface area contributed by atoms with Crippen LogP contribution in [0.4, 0.5) is 0 Å². The number of allylic oxidation sites excluding steroid dienone is 2. The lowest BCUT2D eigenvalue weighted by molar-refractivity contribution is -0.108. The number of phenols is 1. The average Bonchev–Trinajstić information content (AvgIpc) is 2.60. The Kier molecular flexibility index (Phi) is 9.20. The fourth-order valence-electron chi connectivity index (χ4n) is 3.11. The molecule has 0 saturated heterocycles. The second-order valence-corrected chi connectivity index (χ2v) is 6.23. The minimum Gasteiger partial charge on any atom is -0.507 e. The number of nitrogens with one attached hydrogen (secondary N) is 1. The molecule has 1 aromatic rings. The molecular weight excluding hydrogens is 330 g/mol. The van der Waals surface area contributed by atoms with Gasteiger partial charge in [0.2, 0.25) is 0 Å². The van der Waals surface area contributed by atoms with Crippen molar-refractivity contribution in [2.45, 2.75) is 40.0 Å². The third kappa shape index (κ3) is 6.06. The van der Waals surface area contributed by atoms with Crippen LogP contribution in [0.2, 0.25) is 0 Å². The van der Waals surface area contributed by atoms with E-state index in [1.54, 1.807) is 12.3 Å². The minimum absolute atomic E-state index is 0.0927. The van der Waals surface area contributed by atoms with Crippen molar-refractivity contribution in [3.05, 3.63) is 47.2 Å². The van der Waals surface area contributed by atoms with Gasteiger partial charge in [-0.15, -0.1) is 0 Å². The first-order chi connectivity index (χ1) is 12.5. The zero-order valence-electron chi connectivity index (χ0n) is 15.7. The van der Waals surface area contributed by atoms with Crippen molar-refractivity contribution in [2.75, 3.05) is 6.54 Å². The molecule has 3 N–H and O–H groups in total. The van der Waals surface area contributed by atoms with Crippen LogP contribution >= 0.6 is 0 Å². The van der Waals surface area contributed by atoms with Gasteiger partial charge in [0.25, 0.3) is 0 Å². The summed E-state index contributed by atoms with van der Waals surface area (Å²) < 4.78 is 0. The lowest BCUT2D eigenvalue weighted by Crippen LogP contribution is -2.17. The predicted octanol–water partition coefficient (Wildman–Crippen LogP) is 4.02. The number of carbonyl (C=O) groups is 2. The Bertz CT molecular complexity index is 664. The van der Waals surface area contributed by atoms with Crippen LogP contribution < -0.4 is 5.32 Å². The molecular formula is C21H29NO4. The number of carbonyl (C=O) groups excluding carboxylic acids is 1. The number of aromatic hydroxyl groups is 1. The quantitative estimate of drug-likeness (QED) is 0.410. The monoisotopic (exact) mass is 359 g/mol. The van der Waals surface area contributed by atoms with E-state index in [1.807, 2.05) is 19.9 Å². The fourth-order valence-corrected chi connectivity index (χ4v) is 3.11. The van der Waals surface area contributed by atoms with E-state index in [4.69, 9.17) is 0 Å². The van der Waals surface area contributed by atoms with Gasteiger partial charge in [-0.25, -0.2) is 4.79 Å². The van der Waals surface area contributed by atoms with E-state index in [2.05, 4.69) is 18.3 Å². The second kappa shape index (κ2) is 11.1. The van der Waals surface area contributed by atoms with Crippen molar-refractivity contribution in [1.29, 1.82) is 0 Å². The van der Waals surface area contributed by atoms with Gasteiger partial charge in [-0.3, -0.25) is 0 Å². The molecule has 0 bridgehead atoms. The largest absolute Gasteiger partial charge is 0.507 e. The van der Waals surface area contributed by atoms with Crippen LogP contribution in [0.15, 0.2) is 30.5 Å². The Morgan fingerprint density at radius 2 is 2.04 bits per heavy atom. The van der Waals surface area contributed by atoms with E-state index in [0.717, 1.165) is 30.4 Å². The summed E-state index contributed by atoms with van der Waals surface area (Å²) in [7, 11) is 0. The fraction of sp³-hybridized carbons (Fsp3) is 0.429. The smallest absolute Gasteiger partial charge is 0.339 e. The van der Waals surface area contributed by atoms with Crippen LogP contribution in [0.25, 0.3) is 6.08 Å². The van der Waals surface area contributed by atoms with E-state index >= 15 is 0 Å². The molecule has 0 radical (unpaired) electrons. The number of carboxylic acids is 1.